The number of aromatic amines is 1. The number of rotatable bonds is 1. The van der Waals surface area contributed by atoms with Crippen LogP contribution in [0.4, 0.5) is 0 Å². The summed E-state index contributed by atoms with van der Waals surface area (Å²) in [6.45, 7) is 0. The van der Waals surface area contributed by atoms with Crippen LogP contribution in [0.2, 0.25) is 5.02 Å². The Kier molecular flexibility index (Phi) is 3.18. The number of nitrogens with one attached hydrogen (secondary N) is 1. The van der Waals surface area contributed by atoms with Gasteiger partial charge in [-0.2, -0.15) is 0 Å². The van der Waals surface area contributed by atoms with E-state index in [1.165, 1.54) is 0 Å². The summed E-state index contributed by atoms with van der Waals surface area (Å²) < 4.78 is 1.96. The van der Waals surface area contributed by atoms with E-state index in [0.29, 0.717) is 5.02 Å². The summed E-state index contributed by atoms with van der Waals surface area (Å²) in [6.07, 6.45) is 0. The first kappa shape index (κ1) is 12.2. The van der Waals surface area contributed by atoms with Crippen LogP contribution in [-0.2, 0) is 0 Å². The minimum Gasteiger partial charge on any atom is -0.338 e. The highest BCUT2D eigenvalue weighted by molar-refractivity contribution is 9.10. The summed E-state index contributed by atoms with van der Waals surface area (Å²) in [7, 11) is 0. The number of aromatic nitrogens is 2. The molecule has 2 nitrogen and oxygen atoms in total. The molecular weight excluding hydrogens is 379 g/mol. The fraction of sp³-hybridized carbons (Fsp3) is 0. The van der Waals surface area contributed by atoms with Crippen molar-refractivity contribution in [2.75, 3.05) is 0 Å². The van der Waals surface area contributed by atoms with E-state index >= 15 is 0 Å². The second-order valence-corrected chi connectivity index (χ2v) is 6.12. The number of hydrogen-bond donors (Lipinski definition) is 1. The van der Waals surface area contributed by atoms with Gasteiger partial charge in [-0.05, 0) is 24.3 Å². The van der Waals surface area contributed by atoms with Crippen LogP contribution in [0.25, 0.3) is 22.4 Å². The standard InChI is InChI=1S/C13H7Br2ClN2/c14-8-3-1-2-7(4-8)13-17-11-6-9(15)5-10(16)12(11)18-13/h1-6H,(H,17,18). The normalized spacial score (nSPS) is 11.1. The number of benzene rings is 2. The number of H-pyrrole nitrogens is 1. The highest BCUT2D eigenvalue weighted by atomic mass is 79.9. The molecule has 0 unspecified atom stereocenters. The Labute approximate surface area is 126 Å². The second-order valence-electron chi connectivity index (χ2n) is 3.88. The van der Waals surface area contributed by atoms with Crippen LogP contribution in [0.1, 0.15) is 0 Å². The molecule has 0 fully saturated rings. The lowest BCUT2D eigenvalue weighted by Crippen LogP contribution is -1.79. The van der Waals surface area contributed by atoms with E-state index in [0.717, 1.165) is 31.4 Å². The van der Waals surface area contributed by atoms with Gasteiger partial charge in [-0.25, -0.2) is 4.98 Å². The quantitative estimate of drug-likeness (QED) is 0.595. The number of halogens is 3. The van der Waals surface area contributed by atoms with Gasteiger partial charge in [-0.3, -0.25) is 0 Å². The SMILES string of the molecule is Clc1cc(Br)cc2[nH]c(-c3cccc(Br)c3)nc12. The predicted octanol–water partition coefficient (Wildman–Crippen LogP) is 5.41. The van der Waals surface area contributed by atoms with E-state index in [9.17, 15) is 0 Å². The maximum atomic E-state index is 6.17. The fourth-order valence-corrected chi connectivity index (χ4v) is 3.07. The summed E-state index contributed by atoms with van der Waals surface area (Å²) in [4.78, 5) is 7.81. The minimum atomic E-state index is 0.636. The zero-order valence-electron chi connectivity index (χ0n) is 9.05. The molecule has 0 saturated heterocycles. The Morgan fingerprint density at radius 1 is 1.06 bits per heavy atom. The molecule has 3 rings (SSSR count). The second kappa shape index (κ2) is 4.68. The lowest BCUT2D eigenvalue weighted by Gasteiger charge is -1.96. The monoisotopic (exact) mass is 384 g/mol. The average molecular weight is 386 g/mol. The molecule has 1 aromatic heterocycles. The van der Waals surface area contributed by atoms with Crippen LogP contribution in [0.15, 0.2) is 45.3 Å². The molecule has 0 radical (unpaired) electrons. The number of nitrogens with zero attached hydrogens (tertiary/aromatic N) is 1. The van der Waals surface area contributed by atoms with Gasteiger partial charge < -0.3 is 4.98 Å². The van der Waals surface area contributed by atoms with Crippen LogP contribution in [0, 0.1) is 0 Å². The first-order valence-electron chi connectivity index (χ1n) is 5.24. The summed E-state index contributed by atoms with van der Waals surface area (Å²) >= 11 is 13.0. The van der Waals surface area contributed by atoms with Gasteiger partial charge in [-0.1, -0.05) is 55.6 Å². The summed E-state index contributed by atoms with van der Waals surface area (Å²) in [5.74, 6) is 0.811. The van der Waals surface area contributed by atoms with Gasteiger partial charge >= 0.3 is 0 Å². The van der Waals surface area contributed by atoms with Crippen LogP contribution in [0.3, 0.4) is 0 Å². The van der Waals surface area contributed by atoms with E-state index in [2.05, 4.69) is 41.8 Å². The van der Waals surface area contributed by atoms with Crippen LogP contribution >= 0.6 is 43.5 Å². The number of imidazole rings is 1. The molecule has 0 amide bonds. The third-order valence-corrected chi connectivity index (χ3v) is 3.84. The van der Waals surface area contributed by atoms with Crippen LogP contribution < -0.4 is 0 Å². The number of hydrogen-bond acceptors (Lipinski definition) is 1. The van der Waals surface area contributed by atoms with Crippen molar-refractivity contribution in [2.24, 2.45) is 0 Å². The first-order valence-corrected chi connectivity index (χ1v) is 7.20. The highest BCUT2D eigenvalue weighted by Gasteiger charge is 2.09. The molecule has 2 aromatic carbocycles. The van der Waals surface area contributed by atoms with E-state index in [4.69, 9.17) is 11.6 Å². The molecule has 0 aliphatic carbocycles. The molecule has 0 aliphatic rings. The Morgan fingerprint density at radius 2 is 1.89 bits per heavy atom. The maximum absolute atomic E-state index is 6.17. The van der Waals surface area contributed by atoms with Crippen molar-refractivity contribution in [3.8, 4) is 11.4 Å². The van der Waals surface area contributed by atoms with E-state index < -0.39 is 0 Å². The van der Waals surface area contributed by atoms with E-state index in [1.54, 1.807) is 0 Å². The Balaban J connectivity index is 2.22. The first-order chi connectivity index (χ1) is 8.63. The van der Waals surface area contributed by atoms with Gasteiger partial charge in [0.05, 0.1) is 10.5 Å². The Morgan fingerprint density at radius 3 is 2.67 bits per heavy atom. The molecule has 1 heterocycles. The lowest BCUT2D eigenvalue weighted by atomic mass is 10.2. The van der Waals surface area contributed by atoms with Crippen LogP contribution in [0.5, 0.6) is 0 Å². The van der Waals surface area contributed by atoms with Crippen molar-refractivity contribution in [3.63, 3.8) is 0 Å². The molecule has 0 aliphatic heterocycles. The molecule has 18 heavy (non-hydrogen) atoms. The molecule has 90 valence electrons. The third kappa shape index (κ3) is 2.20. The number of fused-ring (bicyclic) bond motifs is 1. The van der Waals surface area contributed by atoms with Gasteiger partial charge in [0.25, 0.3) is 0 Å². The fourth-order valence-electron chi connectivity index (χ4n) is 1.81. The molecular formula is C13H7Br2ClN2. The van der Waals surface area contributed by atoms with Crippen molar-refractivity contribution in [3.05, 3.63) is 50.4 Å². The largest absolute Gasteiger partial charge is 0.338 e. The smallest absolute Gasteiger partial charge is 0.138 e. The van der Waals surface area contributed by atoms with Gasteiger partial charge in [0.1, 0.15) is 11.3 Å². The van der Waals surface area contributed by atoms with Gasteiger partial charge in [0, 0.05) is 14.5 Å². The van der Waals surface area contributed by atoms with Gasteiger partial charge in [-0.15, -0.1) is 0 Å². The van der Waals surface area contributed by atoms with Gasteiger partial charge in [0.2, 0.25) is 0 Å². The summed E-state index contributed by atoms with van der Waals surface area (Å²) in [6, 6.07) is 11.8. The Hall–Kier alpha value is -0.840. The van der Waals surface area contributed by atoms with Crippen molar-refractivity contribution >= 4 is 54.5 Å². The lowest BCUT2D eigenvalue weighted by molar-refractivity contribution is 1.33. The van der Waals surface area contributed by atoms with Crippen LogP contribution in [-0.4, -0.2) is 9.97 Å². The maximum Gasteiger partial charge on any atom is 0.138 e. The molecule has 0 atom stereocenters. The summed E-state index contributed by atoms with van der Waals surface area (Å²) in [5.41, 5.74) is 2.73. The molecule has 1 N–H and O–H groups in total. The van der Waals surface area contributed by atoms with E-state index in [1.807, 2.05) is 36.4 Å². The van der Waals surface area contributed by atoms with Crippen molar-refractivity contribution in [1.29, 1.82) is 0 Å². The topological polar surface area (TPSA) is 28.7 Å². The molecule has 0 bridgehead atoms. The molecule has 0 spiro atoms. The summed E-state index contributed by atoms with van der Waals surface area (Å²) in [5, 5.41) is 0.636. The zero-order valence-corrected chi connectivity index (χ0v) is 13.0. The van der Waals surface area contributed by atoms with Crippen molar-refractivity contribution in [2.45, 2.75) is 0 Å². The van der Waals surface area contributed by atoms with Crippen molar-refractivity contribution < 1.29 is 0 Å². The molecule has 0 saturated carbocycles. The van der Waals surface area contributed by atoms with Gasteiger partial charge in [0.15, 0.2) is 0 Å². The predicted molar refractivity (Wildman–Crippen MR) is 81.9 cm³/mol. The van der Waals surface area contributed by atoms with E-state index in [-0.39, 0.29) is 0 Å². The molecule has 3 aromatic rings. The third-order valence-electron chi connectivity index (χ3n) is 2.60. The minimum absolute atomic E-state index is 0.636. The highest BCUT2D eigenvalue weighted by Crippen LogP contribution is 2.29. The average Bonchev–Trinajstić information content (AvgIpc) is 2.73. The van der Waals surface area contributed by atoms with Crippen molar-refractivity contribution in [1.82, 2.24) is 9.97 Å². The zero-order chi connectivity index (χ0) is 12.7. The molecule has 5 heteroatoms. The Bertz CT molecular complexity index is 737.